The molecule has 0 amide bonds. The first-order chi connectivity index (χ1) is 10.0. The number of hydroxylamine groups is 1. The first kappa shape index (κ1) is 17.7. The van der Waals surface area contributed by atoms with Crippen molar-refractivity contribution in [3.63, 3.8) is 0 Å². The fourth-order valence-electron chi connectivity index (χ4n) is 1.49. The molecule has 1 unspecified atom stereocenters. The van der Waals surface area contributed by atoms with E-state index in [4.69, 9.17) is 19.0 Å². The number of ether oxygens (including phenoxy) is 1. The molecular formula is C13H20NO6P. The van der Waals surface area contributed by atoms with Crippen LogP contribution < -0.4 is 10.0 Å². The summed E-state index contributed by atoms with van der Waals surface area (Å²) in [6.07, 6.45) is -1.12. The number of hydrogen-bond donors (Lipinski definition) is 2. The van der Waals surface area contributed by atoms with Gasteiger partial charge >= 0.3 is 13.6 Å². The molecule has 0 aliphatic rings. The van der Waals surface area contributed by atoms with Crippen LogP contribution in [0.2, 0.25) is 0 Å². The van der Waals surface area contributed by atoms with Gasteiger partial charge in [0.2, 0.25) is 0 Å². The van der Waals surface area contributed by atoms with Crippen molar-refractivity contribution in [3.8, 4) is 5.75 Å². The molecule has 2 N–H and O–H groups in total. The second kappa shape index (κ2) is 8.79. The lowest BCUT2D eigenvalue weighted by atomic mass is 10.3. The molecule has 21 heavy (non-hydrogen) atoms. The first-order valence-electron chi connectivity index (χ1n) is 6.56. The van der Waals surface area contributed by atoms with Crippen molar-refractivity contribution < 1.29 is 28.4 Å². The highest BCUT2D eigenvalue weighted by molar-refractivity contribution is 7.54. The molecule has 0 aromatic heterocycles. The molecule has 0 radical (unpaired) electrons. The Morgan fingerprint density at radius 2 is 2.05 bits per heavy atom. The molecule has 0 aliphatic carbocycles. The number of rotatable bonds is 9. The molecule has 1 rings (SSSR count). The summed E-state index contributed by atoms with van der Waals surface area (Å²) < 4.78 is 28.1. The lowest BCUT2D eigenvalue weighted by molar-refractivity contribution is -0.150. The summed E-state index contributed by atoms with van der Waals surface area (Å²) in [7, 11) is -3.61. The zero-order chi connectivity index (χ0) is 15.7. The quantitative estimate of drug-likeness (QED) is 0.409. The molecule has 0 saturated heterocycles. The summed E-state index contributed by atoms with van der Waals surface area (Å²) in [5, 5.41) is 8.65. The van der Waals surface area contributed by atoms with Crippen LogP contribution in [0.4, 0.5) is 0 Å². The van der Waals surface area contributed by atoms with Crippen LogP contribution in [-0.4, -0.2) is 36.6 Å². The van der Waals surface area contributed by atoms with Crippen LogP contribution in [0.5, 0.6) is 5.75 Å². The van der Waals surface area contributed by atoms with Crippen molar-refractivity contribution in [1.29, 1.82) is 0 Å². The Labute approximate surface area is 123 Å². The van der Waals surface area contributed by atoms with E-state index in [1.165, 1.54) is 6.92 Å². The second-order valence-corrected chi connectivity index (χ2v) is 6.21. The molecule has 7 nitrogen and oxygen atoms in total. The van der Waals surface area contributed by atoms with Crippen LogP contribution in [0.25, 0.3) is 0 Å². The monoisotopic (exact) mass is 317 g/mol. The van der Waals surface area contributed by atoms with Gasteiger partial charge in [-0.2, -0.15) is 0 Å². The topological polar surface area (TPSA) is 94.1 Å². The number of hydrogen-bond acceptors (Lipinski definition) is 7. The molecule has 0 heterocycles. The normalized spacial score (nSPS) is 15.0. The molecule has 1 aromatic rings. The number of carbonyl (C=O) groups excluding carboxylic acids is 1. The molecule has 2 atom stereocenters. The van der Waals surface area contributed by atoms with Gasteiger partial charge in [-0.25, -0.2) is 14.8 Å². The molecular weight excluding hydrogens is 297 g/mol. The van der Waals surface area contributed by atoms with Crippen molar-refractivity contribution in [3.05, 3.63) is 30.3 Å². The van der Waals surface area contributed by atoms with Gasteiger partial charge in [0.25, 0.3) is 0 Å². The molecule has 0 aliphatic heterocycles. The van der Waals surface area contributed by atoms with Crippen molar-refractivity contribution in [2.75, 3.05) is 19.3 Å². The Bertz CT molecular complexity index is 481. The fraction of sp³-hybridized carbons (Fsp3) is 0.462. The molecule has 0 spiro atoms. The Morgan fingerprint density at radius 1 is 1.38 bits per heavy atom. The van der Waals surface area contributed by atoms with Crippen LogP contribution in [0.15, 0.2) is 30.3 Å². The second-order valence-electron chi connectivity index (χ2n) is 4.15. The van der Waals surface area contributed by atoms with E-state index in [1.807, 2.05) is 5.48 Å². The van der Waals surface area contributed by atoms with E-state index in [1.54, 1.807) is 37.3 Å². The highest BCUT2D eigenvalue weighted by Gasteiger charge is 2.31. The number of para-hydroxylation sites is 1. The van der Waals surface area contributed by atoms with Crippen molar-refractivity contribution in [2.24, 2.45) is 0 Å². The summed E-state index contributed by atoms with van der Waals surface area (Å²) in [5.41, 5.74) is 1.89. The Kier molecular flexibility index (Phi) is 7.39. The van der Waals surface area contributed by atoms with Gasteiger partial charge in [0.1, 0.15) is 5.75 Å². The van der Waals surface area contributed by atoms with Crippen LogP contribution in [0, 0.1) is 0 Å². The first-order valence-corrected chi connectivity index (χ1v) is 8.29. The maximum absolute atomic E-state index is 12.7. The minimum atomic E-state index is -3.61. The third-order valence-electron chi connectivity index (χ3n) is 2.42. The smallest absolute Gasteiger partial charge is 0.381 e. The summed E-state index contributed by atoms with van der Waals surface area (Å²) in [4.78, 5) is 11.6. The van der Waals surface area contributed by atoms with Gasteiger partial charge in [0.05, 0.1) is 12.8 Å². The van der Waals surface area contributed by atoms with E-state index in [2.05, 4.69) is 0 Å². The van der Waals surface area contributed by atoms with E-state index < -0.39 is 19.7 Å². The predicted molar refractivity (Wildman–Crippen MR) is 76.5 cm³/mol. The number of nitrogens with one attached hydrogen (secondary N) is 1. The van der Waals surface area contributed by atoms with E-state index in [-0.39, 0.29) is 19.3 Å². The van der Waals surface area contributed by atoms with Crippen LogP contribution in [0.1, 0.15) is 13.8 Å². The summed E-state index contributed by atoms with van der Waals surface area (Å²) >= 11 is 0. The molecule has 0 fully saturated rings. The number of benzene rings is 1. The van der Waals surface area contributed by atoms with E-state index in [9.17, 15) is 9.36 Å². The Hall–Kier alpha value is -1.40. The van der Waals surface area contributed by atoms with Crippen molar-refractivity contribution in [2.45, 2.75) is 20.0 Å². The summed E-state index contributed by atoms with van der Waals surface area (Å²) in [6, 6.07) is 8.47. The molecule has 118 valence electrons. The third-order valence-corrected chi connectivity index (χ3v) is 4.32. The highest BCUT2D eigenvalue weighted by atomic mass is 31.2. The van der Waals surface area contributed by atoms with Gasteiger partial charge in [0, 0.05) is 6.54 Å². The van der Waals surface area contributed by atoms with Gasteiger partial charge in [-0.3, -0.25) is 4.52 Å². The number of esters is 1. The zero-order valence-corrected chi connectivity index (χ0v) is 12.9. The summed E-state index contributed by atoms with van der Waals surface area (Å²) in [5.74, 6) is -0.263. The molecule has 0 bridgehead atoms. The third kappa shape index (κ3) is 6.27. The Morgan fingerprint density at radius 3 is 2.62 bits per heavy atom. The van der Waals surface area contributed by atoms with E-state index in [0.29, 0.717) is 5.75 Å². The molecule has 1 aromatic carbocycles. The van der Waals surface area contributed by atoms with Crippen molar-refractivity contribution >= 4 is 13.6 Å². The van der Waals surface area contributed by atoms with Crippen LogP contribution in [-0.2, 0) is 18.6 Å². The van der Waals surface area contributed by atoms with E-state index >= 15 is 0 Å². The SMILES string of the molecule is CCOC(=O)[C@H](C)OP(=O)(CCNO)Oc1ccccc1. The van der Waals surface area contributed by atoms with Crippen LogP contribution in [0.3, 0.4) is 0 Å². The largest absolute Gasteiger partial charge is 0.464 e. The minimum Gasteiger partial charge on any atom is -0.464 e. The fourth-order valence-corrected chi connectivity index (χ4v) is 3.12. The Balaban J connectivity index is 2.78. The van der Waals surface area contributed by atoms with E-state index in [0.717, 1.165) is 0 Å². The standard InChI is InChI=1S/C13H20NO6P/c1-3-18-13(15)11(2)19-21(17,10-9-14-16)20-12-7-5-4-6-8-12/h4-8,11,14,16H,3,9-10H2,1-2H3/t11-,21?/m0/s1. The maximum atomic E-state index is 12.7. The van der Waals surface area contributed by atoms with Gasteiger partial charge in [-0.15, -0.1) is 0 Å². The average Bonchev–Trinajstić information content (AvgIpc) is 2.46. The van der Waals surface area contributed by atoms with Gasteiger partial charge < -0.3 is 14.5 Å². The van der Waals surface area contributed by atoms with Gasteiger partial charge in [0.15, 0.2) is 6.10 Å². The van der Waals surface area contributed by atoms with Crippen LogP contribution >= 0.6 is 7.60 Å². The maximum Gasteiger partial charge on any atom is 0.381 e. The summed E-state index contributed by atoms with van der Waals surface area (Å²) in [6.45, 7) is 3.31. The average molecular weight is 317 g/mol. The van der Waals surface area contributed by atoms with Gasteiger partial charge in [-0.05, 0) is 26.0 Å². The molecule has 8 heteroatoms. The van der Waals surface area contributed by atoms with Crippen molar-refractivity contribution in [1.82, 2.24) is 5.48 Å². The minimum absolute atomic E-state index is 0.000341. The predicted octanol–water partition coefficient (Wildman–Crippen LogP) is 2.21. The number of carbonyl (C=O) groups is 1. The lowest BCUT2D eigenvalue weighted by Gasteiger charge is -2.22. The van der Waals surface area contributed by atoms with Gasteiger partial charge in [-0.1, -0.05) is 18.2 Å². The zero-order valence-electron chi connectivity index (χ0n) is 12.0. The molecule has 0 saturated carbocycles. The highest BCUT2D eigenvalue weighted by Crippen LogP contribution is 2.49. The lowest BCUT2D eigenvalue weighted by Crippen LogP contribution is -2.25.